The summed E-state index contributed by atoms with van der Waals surface area (Å²) >= 11 is 0. The number of primary amides is 1. The van der Waals surface area contributed by atoms with Gasteiger partial charge in [-0.3, -0.25) is 14.4 Å². The number of amides is 3. The topological polar surface area (TPSA) is 114 Å². The standard InChI is InChI=1S/C28H36N6O3/c1-16-24-23(13-28(2,3)33(27(24)37)14-17-4-5-17)34(31-16)20-8-9-21(25(29)35)22(12-20)30-19-10-11-32(15-19)26(36)18-6-7-18/h8-9,12,17-19,30H,4-7,10-11,13-15H2,1-3H3,(H2,29,35)/t19-/m0/s1. The molecule has 1 aromatic carbocycles. The number of aromatic nitrogens is 2. The van der Waals surface area contributed by atoms with Gasteiger partial charge in [0.2, 0.25) is 5.91 Å². The lowest BCUT2D eigenvalue weighted by atomic mass is 9.87. The minimum absolute atomic E-state index is 0.0424. The molecule has 3 fully saturated rings. The number of fused-ring (bicyclic) bond motifs is 1. The van der Waals surface area contributed by atoms with Crippen LogP contribution in [0.25, 0.3) is 5.69 Å². The molecule has 9 heteroatoms. The lowest BCUT2D eigenvalue weighted by Crippen LogP contribution is -2.53. The molecule has 2 aliphatic carbocycles. The molecule has 6 rings (SSSR count). The molecule has 3 heterocycles. The second-order valence-electron chi connectivity index (χ2n) is 11.9. The molecule has 3 N–H and O–H groups in total. The smallest absolute Gasteiger partial charge is 0.258 e. The first kappa shape index (κ1) is 24.0. The summed E-state index contributed by atoms with van der Waals surface area (Å²) in [6, 6.07) is 5.50. The normalized spacial score (nSPS) is 22.8. The van der Waals surface area contributed by atoms with Crippen LogP contribution in [0.1, 0.15) is 78.1 Å². The van der Waals surface area contributed by atoms with Crippen LogP contribution in [0.15, 0.2) is 18.2 Å². The number of nitrogens with two attached hydrogens (primary N) is 1. The van der Waals surface area contributed by atoms with E-state index in [4.69, 9.17) is 10.8 Å². The molecule has 0 spiro atoms. The largest absolute Gasteiger partial charge is 0.380 e. The second kappa shape index (κ2) is 8.60. The summed E-state index contributed by atoms with van der Waals surface area (Å²) in [5.74, 6) is 0.602. The molecule has 37 heavy (non-hydrogen) atoms. The number of nitrogens with one attached hydrogen (secondary N) is 1. The van der Waals surface area contributed by atoms with E-state index < -0.39 is 5.91 Å². The van der Waals surface area contributed by atoms with Crippen LogP contribution < -0.4 is 11.1 Å². The van der Waals surface area contributed by atoms with Gasteiger partial charge < -0.3 is 20.9 Å². The molecule has 196 valence electrons. The highest BCUT2D eigenvalue weighted by Gasteiger charge is 2.44. The molecule has 4 aliphatic rings. The Labute approximate surface area is 217 Å². The van der Waals surface area contributed by atoms with E-state index in [1.165, 1.54) is 12.8 Å². The Balaban J connectivity index is 1.30. The average Bonchev–Trinajstić information content (AvgIpc) is 3.77. The maximum Gasteiger partial charge on any atom is 0.258 e. The number of benzene rings is 1. The van der Waals surface area contributed by atoms with Gasteiger partial charge in [-0.2, -0.15) is 5.10 Å². The van der Waals surface area contributed by atoms with Gasteiger partial charge in [-0.1, -0.05) is 0 Å². The third-order valence-corrected chi connectivity index (χ3v) is 8.38. The number of nitrogens with zero attached hydrogens (tertiary/aromatic N) is 4. The van der Waals surface area contributed by atoms with E-state index in [9.17, 15) is 14.4 Å². The molecular weight excluding hydrogens is 468 g/mol. The molecule has 0 bridgehead atoms. The van der Waals surface area contributed by atoms with E-state index in [-0.39, 0.29) is 29.3 Å². The summed E-state index contributed by atoms with van der Waals surface area (Å²) in [6.45, 7) is 8.29. The maximum absolute atomic E-state index is 13.6. The van der Waals surface area contributed by atoms with E-state index in [1.54, 1.807) is 6.07 Å². The predicted octanol–water partition coefficient (Wildman–Crippen LogP) is 2.89. The zero-order chi connectivity index (χ0) is 26.1. The Bertz CT molecular complexity index is 1290. The van der Waals surface area contributed by atoms with Crippen molar-refractivity contribution in [3.8, 4) is 5.69 Å². The van der Waals surface area contributed by atoms with Crippen LogP contribution in [0.2, 0.25) is 0 Å². The van der Waals surface area contributed by atoms with Gasteiger partial charge in [0.25, 0.3) is 11.8 Å². The molecule has 0 unspecified atom stereocenters. The Morgan fingerprint density at radius 3 is 2.59 bits per heavy atom. The van der Waals surface area contributed by atoms with E-state index in [1.807, 2.05) is 33.5 Å². The van der Waals surface area contributed by atoms with Crippen LogP contribution in [0.4, 0.5) is 5.69 Å². The number of carbonyl (C=O) groups is 3. The highest BCUT2D eigenvalue weighted by atomic mass is 16.2. The maximum atomic E-state index is 13.6. The Morgan fingerprint density at radius 2 is 1.92 bits per heavy atom. The number of likely N-dealkylation sites (tertiary alicyclic amines) is 1. The van der Waals surface area contributed by atoms with Crippen LogP contribution in [-0.4, -0.2) is 68.5 Å². The van der Waals surface area contributed by atoms with E-state index in [2.05, 4.69) is 19.2 Å². The molecule has 9 nitrogen and oxygen atoms in total. The Kier molecular flexibility index (Phi) is 5.58. The van der Waals surface area contributed by atoms with Crippen molar-refractivity contribution in [2.24, 2.45) is 17.6 Å². The van der Waals surface area contributed by atoms with Crippen molar-refractivity contribution >= 4 is 23.4 Å². The summed E-state index contributed by atoms with van der Waals surface area (Å²) in [4.78, 5) is 42.3. The SMILES string of the molecule is Cc1nn(-c2ccc(C(N)=O)c(N[C@H]3CCN(C(=O)C4CC4)C3)c2)c2c1C(=O)N(CC1CC1)C(C)(C)C2. The fourth-order valence-electron chi connectivity index (χ4n) is 5.92. The third-order valence-electron chi connectivity index (χ3n) is 8.38. The summed E-state index contributed by atoms with van der Waals surface area (Å²) in [7, 11) is 0. The zero-order valence-corrected chi connectivity index (χ0v) is 21.9. The van der Waals surface area contributed by atoms with Crippen LogP contribution in [0.5, 0.6) is 0 Å². The fourth-order valence-corrected chi connectivity index (χ4v) is 5.92. The summed E-state index contributed by atoms with van der Waals surface area (Å²) < 4.78 is 1.85. The molecule has 2 aliphatic heterocycles. The highest BCUT2D eigenvalue weighted by Crippen LogP contribution is 2.39. The highest BCUT2D eigenvalue weighted by molar-refractivity contribution is 6.00. The van der Waals surface area contributed by atoms with Crippen molar-refractivity contribution in [2.75, 3.05) is 25.0 Å². The van der Waals surface area contributed by atoms with E-state index >= 15 is 0 Å². The zero-order valence-electron chi connectivity index (χ0n) is 21.9. The van der Waals surface area contributed by atoms with Gasteiger partial charge in [-0.25, -0.2) is 4.68 Å². The fraction of sp³-hybridized carbons (Fsp3) is 0.571. The van der Waals surface area contributed by atoms with E-state index in [0.29, 0.717) is 35.7 Å². The minimum Gasteiger partial charge on any atom is -0.380 e. The molecule has 1 aromatic heterocycles. The number of rotatable bonds is 7. The molecule has 3 amide bonds. The molecule has 0 radical (unpaired) electrons. The van der Waals surface area contributed by atoms with Gasteiger partial charge in [0.1, 0.15) is 0 Å². The molecule has 2 saturated carbocycles. The molecule has 1 atom stereocenters. The number of aryl methyl sites for hydroxylation is 1. The number of hydrogen-bond acceptors (Lipinski definition) is 5. The quantitative estimate of drug-likeness (QED) is 0.602. The number of carbonyl (C=O) groups excluding carboxylic acids is 3. The van der Waals surface area contributed by atoms with Gasteiger partial charge in [-0.05, 0) is 77.0 Å². The first-order valence-corrected chi connectivity index (χ1v) is 13.5. The summed E-state index contributed by atoms with van der Waals surface area (Å²) in [6.07, 6.45) is 5.89. The van der Waals surface area contributed by atoms with E-state index in [0.717, 1.165) is 49.4 Å². The first-order valence-electron chi connectivity index (χ1n) is 13.5. The monoisotopic (exact) mass is 504 g/mol. The molecule has 1 saturated heterocycles. The lowest BCUT2D eigenvalue weighted by molar-refractivity contribution is -0.131. The van der Waals surface area contributed by atoms with Gasteiger partial charge in [0.15, 0.2) is 0 Å². The van der Waals surface area contributed by atoms with Crippen molar-refractivity contribution in [1.82, 2.24) is 19.6 Å². The third kappa shape index (κ3) is 4.38. The average molecular weight is 505 g/mol. The Morgan fingerprint density at radius 1 is 1.16 bits per heavy atom. The van der Waals surface area contributed by atoms with Crippen molar-refractivity contribution in [2.45, 2.75) is 70.9 Å². The Hall–Kier alpha value is -3.36. The van der Waals surface area contributed by atoms with Crippen molar-refractivity contribution in [3.05, 3.63) is 40.7 Å². The minimum atomic E-state index is -0.510. The number of anilines is 1. The van der Waals surface area contributed by atoms with Crippen molar-refractivity contribution < 1.29 is 14.4 Å². The first-order chi connectivity index (χ1) is 17.6. The van der Waals surface area contributed by atoms with Crippen LogP contribution >= 0.6 is 0 Å². The van der Waals surface area contributed by atoms with Crippen LogP contribution in [-0.2, 0) is 11.2 Å². The van der Waals surface area contributed by atoms with Gasteiger partial charge in [0.05, 0.1) is 28.2 Å². The van der Waals surface area contributed by atoms with Crippen LogP contribution in [0, 0.1) is 18.8 Å². The van der Waals surface area contributed by atoms with Crippen LogP contribution in [0.3, 0.4) is 0 Å². The van der Waals surface area contributed by atoms with Crippen molar-refractivity contribution in [3.63, 3.8) is 0 Å². The van der Waals surface area contributed by atoms with Gasteiger partial charge >= 0.3 is 0 Å². The molecule has 2 aromatic rings. The van der Waals surface area contributed by atoms with Crippen molar-refractivity contribution in [1.29, 1.82) is 0 Å². The predicted molar refractivity (Wildman–Crippen MR) is 140 cm³/mol. The lowest BCUT2D eigenvalue weighted by Gasteiger charge is -2.42. The van der Waals surface area contributed by atoms with Gasteiger partial charge in [-0.15, -0.1) is 0 Å². The van der Waals surface area contributed by atoms with Gasteiger partial charge in [0, 0.05) is 49.2 Å². The molecular formula is C28H36N6O3. The summed E-state index contributed by atoms with van der Waals surface area (Å²) in [5, 5.41) is 8.27. The second-order valence-corrected chi connectivity index (χ2v) is 11.9. The number of hydrogen-bond donors (Lipinski definition) is 2. The summed E-state index contributed by atoms with van der Waals surface area (Å²) in [5.41, 5.74) is 9.53.